The maximum Gasteiger partial charge on any atom is 0.227 e. The topological polar surface area (TPSA) is 49.8 Å². The molecule has 3 rings (SSSR count). The first kappa shape index (κ1) is 16.4. The van der Waals surface area contributed by atoms with Crippen molar-refractivity contribution < 1.29 is 23.4 Å². The lowest BCUT2D eigenvalue weighted by molar-refractivity contribution is -0.138. The van der Waals surface area contributed by atoms with Crippen LogP contribution in [0.5, 0.6) is 5.75 Å². The normalized spacial score (nSPS) is 17.8. The maximum atomic E-state index is 13.7. The van der Waals surface area contributed by atoms with Crippen LogP contribution in [0.1, 0.15) is 17.2 Å². The molecule has 6 heteroatoms. The number of phenols is 1. The Bertz CT molecular complexity index is 751. The van der Waals surface area contributed by atoms with E-state index < -0.39 is 11.6 Å². The Hall–Kier alpha value is -2.47. The van der Waals surface area contributed by atoms with Crippen LogP contribution in [-0.2, 0) is 16.0 Å². The molecule has 1 saturated heterocycles. The van der Waals surface area contributed by atoms with Crippen LogP contribution in [0.2, 0.25) is 0 Å². The highest BCUT2D eigenvalue weighted by Gasteiger charge is 2.26. The minimum Gasteiger partial charge on any atom is -0.508 e. The molecule has 126 valence electrons. The molecule has 0 aromatic heterocycles. The van der Waals surface area contributed by atoms with Gasteiger partial charge in [0.25, 0.3) is 0 Å². The fourth-order valence-corrected chi connectivity index (χ4v) is 2.76. The van der Waals surface area contributed by atoms with Gasteiger partial charge in [0.05, 0.1) is 19.6 Å². The quantitative estimate of drug-likeness (QED) is 0.940. The van der Waals surface area contributed by atoms with Crippen molar-refractivity contribution in [2.45, 2.75) is 12.5 Å². The van der Waals surface area contributed by atoms with Crippen LogP contribution in [0.4, 0.5) is 8.78 Å². The summed E-state index contributed by atoms with van der Waals surface area (Å²) in [5, 5.41) is 9.56. The molecule has 2 aromatic rings. The van der Waals surface area contributed by atoms with Crippen LogP contribution in [0.25, 0.3) is 0 Å². The molecule has 4 nitrogen and oxygen atoms in total. The average molecular weight is 333 g/mol. The molecule has 24 heavy (non-hydrogen) atoms. The van der Waals surface area contributed by atoms with E-state index in [4.69, 9.17) is 4.74 Å². The third-order valence-corrected chi connectivity index (χ3v) is 4.03. The van der Waals surface area contributed by atoms with Gasteiger partial charge >= 0.3 is 0 Å². The molecule has 1 aliphatic heterocycles. The van der Waals surface area contributed by atoms with E-state index in [2.05, 4.69) is 0 Å². The second-order valence-corrected chi connectivity index (χ2v) is 5.68. The number of ether oxygens (including phenoxy) is 1. The number of carbonyl (C=O) groups excluding carboxylic acids is 1. The molecule has 0 aliphatic carbocycles. The Kier molecular flexibility index (Phi) is 4.76. The third kappa shape index (κ3) is 3.54. The largest absolute Gasteiger partial charge is 0.508 e. The van der Waals surface area contributed by atoms with Crippen LogP contribution >= 0.6 is 0 Å². The van der Waals surface area contributed by atoms with Gasteiger partial charge in [-0.3, -0.25) is 4.79 Å². The summed E-state index contributed by atoms with van der Waals surface area (Å²) in [4.78, 5) is 14.0. The maximum absolute atomic E-state index is 13.7. The predicted octanol–water partition coefficient (Wildman–Crippen LogP) is 2.81. The average Bonchev–Trinajstić information content (AvgIpc) is 2.59. The molecule has 1 aliphatic rings. The standard InChI is InChI=1S/C18H17F2NO3/c19-15-6-2-4-13(18(15)20)10-17(23)21-7-8-24-16(11-21)12-3-1-5-14(22)9-12/h1-6,9,16,22H,7-8,10-11H2. The molecular formula is C18H17F2NO3. The van der Waals surface area contributed by atoms with Crippen molar-refractivity contribution in [1.82, 2.24) is 4.90 Å². The van der Waals surface area contributed by atoms with Crippen molar-refractivity contribution in [2.24, 2.45) is 0 Å². The first-order valence-electron chi connectivity index (χ1n) is 7.66. The zero-order chi connectivity index (χ0) is 17.1. The van der Waals surface area contributed by atoms with Gasteiger partial charge in [0.2, 0.25) is 5.91 Å². The molecule has 1 heterocycles. The number of nitrogens with zero attached hydrogens (tertiary/aromatic N) is 1. The van der Waals surface area contributed by atoms with Crippen molar-refractivity contribution in [3.05, 3.63) is 65.2 Å². The number of benzene rings is 2. The SMILES string of the molecule is O=C(Cc1cccc(F)c1F)N1CCOC(c2cccc(O)c2)C1. The highest BCUT2D eigenvalue weighted by Crippen LogP contribution is 2.25. The highest BCUT2D eigenvalue weighted by molar-refractivity contribution is 5.79. The zero-order valence-corrected chi connectivity index (χ0v) is 12.9. The predicted molar refractivity (Wildman–Crippen MR) is 83.4 cm³/mol. The van der Waals surface area contributed by atoms with Crippen molar-refractivity contribution in [3.8, 4) is 5.75 Å². The molecule has 0 bridgehead atoms. The molecule has 1 fully saturated rings. The Morgan fingerprint density at radius 1 is 1.25 bits per heavy atom. The summed E-state index contributed by atoms with van der Waals surface area (Å²) in [5.41, 5.74) is 0.810. The summed E-state index contributed by atoms with van der Waals surface area (Å²) in [6.45, 7) is 1.04. The van der Waals surface area contributed by atoms with Crippen LogP contribution in [-0.4, -0.2) is 35.6 Å². The minimum absolute atomic E-state index is 0.0420. The van der Waals surface area contributed by atoms with Crippen molar-refractivity contribution in [2.75, 3.05) is 19.7 Å². The summed E-state index contributed by atoms with van der Waals surface area (Å²) in [6.07, 6.45) is -0.553. The van der Waals surface area contributed by atoms with E-state index in [0.717, 1.165) is 11.6 Å². The number of morpholine rings is 1. The highest BCUT2D eigenvalue weighted by atomic mass is 19.2. The Morgan fingerprint density at radius 2 is 2.04 bits per heavy atom. The number of phenolic OH excluding ortho intramolecular Hbond substituents is 1. The number of hydrogen-bond acceptors (Lipinski definition) is 3. The van der Waals surface area contributed by atoms with E-state index in [1.54, 1.807) is 23.1 Å². The van der Waals surface area contributed by atoms with Gasteiger partial charge in [-0.05, 0) is 23.8 Å². The summed E-state index contributed by atoms with van der Waals surface area (Å²) in [7, 11) is 0. The van der Waals surface area contributed by atoms with Gasteiger partial charge in [-0.1, -0.05) is 24.3 Å². The second-order valence-electron chi connectivity index (χ2n) is 5.68. The first-order valence-corrected chi connectivity index (χ1v) is 7.66. The molecule has 1 unspecified atom stereocenters. The molecule has 1 amide bonds. The van der Waals surface area contributed by atoms with Gasteiger partial charge in [-0.25, -0.2) is 8.78 Å². The molecule has 1 atom stereocenters. The van der Waals surface area contributed by atoms with E-state index in [0.29, 0.717) is 19.7 Å². The number of aromatic hydroxyl groups is 1. The number of carbonyl (C=O) groups is 1. The Morgan fingerprint density at radius 3 is 2.83 bits per heavy atom. The summed E-state index contributed by atoms with van der Waals surface area (Å²) < 4.78 is 32.6. The number of halogens is 2. The number of hydrogen-bond donors (Lipinski definition) is 1. The monoisotopic (exact) mass is 333 g/mol. The third-order valence-electron chi connectivity index (χ3n) is 4.03. The lowest BCUT2D eigenvalue weighted by Crippen LogP contribution is -2.43. The molecular weight excluding hydrogens is 316 g/mol. The number of amides is 1. The summed E-state index contributed by atoms with van der Waals surface area (Å²) in [6, 6.07) is 10.5. The van der Waals surface area contributed by atoms with Gasteiger partial charge in [-0.2, -0.15) is 0 Å². The molecule has 0 saturated carbocycles. The molecule has 0 radical (unpaired) electrons. The van der Waals surface area contributed by atoms with E-state index in [1.807, 2.05) is 6.07 Å². The zero-order valence-electron chi connectivity index (χ0n) is 12.9. The smallest absolute Gasteiger partial charge is 0.227 e. The first-order chi connectivity index (χ1) is 11.5. The molecule has 1 N–H and O–H groups in total. The van der Waals surface area contributed by atoms with E-state index >= 15 is 0 Å². The van der Waals surface area contributed by atoms with E-state index in [1.165, 1.54) is 12.1 Å². The molecule has 0 spiro atoms. The van der Waals surface area contributed by atoms with E-state index in [-0.39, 0.29) is 29.7 Å². The van der Waals surface area contributed by atoms with Gasteiger partial charge < -0.3 is 14.7 Å². The van der Waals surface area contributed by atoms with Crippen LogP contribution < -0.4 is 0 Å². The van der Waals surface area contributed by atoms with E-state index in [9.17, 15) is 18.7 Å². The van der Waals surface area contributed by atoms with Crippen LogP contribution in [0, 0.1) is 11.6 Å². The van der Waals surface area contributed by atoms with Gasteiger partial charge in [-0.15, -0.1) is 0 Å². The van der Waals surface area contributed by atoms with Crippen LogP contribution in [0.3, 0.4) is 0 Å². The Labute approximate surface area is 138 Å². The lowest BCUT2D eigenvalue weighted by atomic mass is 10.1. The van der Waals surface area contributed by atoms with Gasteiger partial charge in [0.1, 0.15) is 11.9 Å². The fourth-order valence-electron chi connectivity index (χ4n) is 2.76. The Balaban J connectivity index is 1.70. The van der Waals surface area contributed by atoms with Crippen molar-refractivity contribution >= 4 is 5.91 Å². The summed E-state index contributed by atoms with van der Waals surface area (Å²) in [5.74, 6) is -2.10. The van der Waals surface area contributed by atoms with Gasteiger partial charge in [0.15, 0.2) is 11.6 Å². The fraction of sp³-hybridized carbons (Fsp3) is 0.278. The van der Waals surface area contributed by atoms with Crippen molar-refractivity contribution in [3.63, 3.8) is 0 Å². The lowest BCUT2D eigenvalue weighted by Gasteiger charge is -2.33. The summed E-state index contributed by atoms with van der Waals surface area (Å²) >= 11 is 0. The van der Waals surface area contributed by atoms with Crippen molar-refractivity contribution in [1.29, 1.82) is 0 Å². The van der Waals surface area contributed by atoms with Gasteiger partial charge in [0, 0.05) is 12.1 Å². The second kappa shape index (κ2) is 6.97. The number of rotatable bonds is 3. The minimum atomic E-state index is -0.983. The van der Waals surface area contributed by atoms with Crippen LogP contribution in [0.15, 0.2) is 42.5 Å². The molecule has 2 aromatic carbocycles.